The molecule has 1 aromatic carbocycles. The molecule has 1 aromatic rings. The molecule has 0 fully saturated rings. The monoisotopic (exact) mass is 228 g/mol. The molecule has 0 aliphatic heterocycles. The highest BCUT2D eigenvalue weighted by molar-refractivity contribution is 5.43. The van der Waals surface area contributed by atoms with Gasteiger partial charge in [-0.25, -0.2) is 0 Å². The second-order valence-corrected chi connectivity index (χ2v) is 4.26. The largest absolute Gasteiger partial charge is 0.435 e. The molecule has 1 N–H and O–H groups in total. The van der Waals surface area contributed by atoms with Crippen LogP contribution in [0.1, 0.15) is 37.0 Å². The van der Waals surface area contributed by atoms with Crippen molar-refractivity contribution in [3.05, 3.63) is 29.3 Å². The van der Waals surface area contributed by atoms with Gasteiger partial charge >= 0.3 is 6.61 Å². The fraction of sp³-hybridized carbons (Fsp3) is 0.500. The highest BCUT2D eigenvalue weighted by Gasteiger charge is 2.34. The van der Waals surface area contributed by atoms with Crippen LogP contribution < -0.4 is 4.74 Å². The molecular formula is C12H14F2O2. The molecule has 0 bridgehead atoms. The average molecular weight is 228 g/mol. The smallest absolute Gasteiger partial charge is 0.387 e. The third kappa shape index (κ3) is 1.78. The van der Waals surface area contributed by atoms with Gasteiger partial charge in [-0.05, 0) is 35.1 Å². The third-order valence-electron chi connectivity index (χ3n) is 3.38. The van der Waals surface area contributed by atoms with Crippen molar-refractivity contribution in [2.45, 2.75) is 32.5 Å². The first-order valence-electron chi connectivity index (χ1n) is 5.27. The fourth-order valence-corrected chi connectivity index (χ4v) is 2.24. The Morgan fingerprint density at radius 3 is 2.56 bits per heavy atom. The molecule has 1 aliphatic carbocycles. The Kier molecular flexibility index (Phi) is 2.84. The first kappa shape index (κ1) is 11.3. The van der Waals surface area contributed by atoms with Crippen LogP contribution in [0.25, 0.3) is 0 Å². The Bertz CT molecular complexity index is 393. The first-order chi connectivity index (χ1) is 7.50. The minimum Gasteiger partial charge on any atom is -0.435 e. The Hall–Kier alpha value is -1.16. The quantitative estimate of drug-likeness (QED) is 0.842. The van der Waals surface area contributed by atoms with Crippen LogP contribution in [-0.2, 0) is 0 Å². The Morgan fingerprint density at radius 1 is 1.25 bits per heavy atom. The maximum Gasteiger partial charge on any atom is 0.387 e. The number of benzene rings is 1. The van der Waals surface area contributed by atoms with Crippen LogP contribution in [0.3, 0.4) is 0 Å². The second-order valence-electron chi connectivity index (χ2n) is 4.26. The number of fused-ring (bicyclic) bond motifs is 1. The molecule has 0 saturated heterocycles. The summed E-state index contributed by atoms with van der Waals surface area (Å²) in [5, 5.41) is 9.94. The van der Waals surface area contributed by atoms with Gasteiger partial charge < -0.3 is 9.84 Å². The van der Waals surface area contributed by atoms with Crippen molar-refractivity contribution < 1.29 is 18.6 Å². The summed E-state index contributed by atoms with van der Waals surface area (Å²) < 4.78 is 28.4. The van der Waals surface area contributed by atoms with Crippen molar-refractivity contribution in [1.29, 1.82) is 0 Å². The maximum atomic E-state index is 12.0. The summed E-state index contributed by atoms with van der Waals surface area (Å²) in [6.45, 7) is 1.14. The van der Waals surface area contributed by atoms with E-state index in [0.717, 1.165) is 5.56 Å². The zero-order valence-electron chi connectivity index (χ0n) is 9.15. The van der Waals surface area contributed by atoms with Crippen LogP contribution in [0, 0.1) is 5.92 Å². The van der Waals surface area contributed by atoms with Crippen LogP contribution in [0.5, 0.6) is 5.75 Å². The molecule has 2 nitrogen and oxygen atoms in total. The highest BCUT2D eigenvalue weighted by atomic mass is 19.3. The van der Waals surface area contributed by atoms with Gasteiger partial charge in [-0.1, -0.05) is 19.9 Å². The normalized spacial score (nSPS) is 28.2. The molecule has 2 rings (SSSR count). The molecule has 0 radical (unpaired) electrons. The van der Waals surface area contributed by atoms with Crippen molar-refractivity contribution >= 4 is 0 Å². The molecule has 3 unspecified atom stereocenters. The minimum absolute atomic E-state index is 0.106. The van der Waals surface area contributed by atoms with Gasteiger partial charge in [0.2, 0.25) is 0 Å². The average Bonchev–Trinajstić information content (AvgIpc) is 2.43. The lowest BCUT2D eigenvalue weighted by atomic mass is 9.96. The molecule has 16 heavy (non-hydrogen) atoms. The Labute approximate surface area is 92.9 Å². The maximum absolute atomic E-state index is 12.0. The van der Waals surface area contributed by atoms with Gasteiger partial charge in [-0.15, -0.1) is 0 Å². The first-order valence-corrected chi connectivity index (χ1v) is 5.27. The molecule has 0 spiro atoms. The summed E-state index contributed by atoms with van der Waals surface area (Å²) in [5.74, 6) is 0.455. The summed E-state index contributed by atoms with van der Waals surface area (Å²) in [7, 11) is 0. The predicted molar refractivity (Wildman–Crippen MR) is 55.6 cm³/mol. The van der Waals surface area contributed by atoms with E-state index in [2.05, 4.69) is 4.74 Å². The van der Waals surface area contributed by atoms with Gasteiger partial charge in [0.15, 0.2) is 0 Å². The van der Waals surface area contributed by atoms with Crippen molar-refractivity contribution in [2.75, 3.05) is 0 Å². The fourth-order valence-electron chi connectivity index (χ4n) is 2.24. The summed E-state index contributed by atoms with van der Waals surface area (Å²) in [5.41, 5.74) is 1.72. The minimum atomic E-state index is -2.83. The van der Waals surface area contributed by atoms with Crippen molar-refractivity contribution in [2.24, 2.45) is 5.92 Å². The highest BCUT2D eigenvalue weighted by Crippen LogP contribution is 2.45. The van der Waals surface area contributed by atoms with E-state index in [1.807, 2.05) is 13.8 Å². The number of aliphatic hydroxyl groups is 1. The van der Waals surface area contributed by atoms with E-state index >= 15 is 0 Å². The molecule has 0 amide bonds. The molecule has 4 heteroatoms. The molecule has 0 saturated carbocycles. The summed E-state index contributed by atoms with van der Waals surface area (Å²) in [6.07, 6.45) is -0.591. The van der Waals surface area contributed by atoms with Crippen LogP contribution in [0.15, 0.2) is 18.2 Å². The number of ether oxygens (including phenoxy) is 1. The van der Waals surface area contributed by atoms with E-state index in [-0.39, 0.29) is 17.6 Å². The van der Waals surface area contributed by atoms with E-state index in [4.69, 9.17) is 0 Å². The van der Waals surface area contributed by atoms with Crippen molar-refractivity contribution in [3.8, 4) is 5.75 Å². The zero-order valence-corrected chi connectivity index (χ0v) is 9.15. The van der Waals surface area contributed by atoms with Crippen LogP contribution in [-0.4, -0.2) is 11.7 Å². The van der Waals surface area contributed by atoms with Gasteiger partial charge in [0.1, 0.15) is 5.75 Å². The van der Waals surface area contributed by atoms with E-state index in [0.29, 0.717) is 5.56 Å². The van der Waals surface area contributed by atoms with E-state index in [1.54, 1.807) is 6.07 Å². The predicted octanol–water partition coefficient (Wildman–Crippen LogP) is 3.07. The topological polar surface area (TPSA) is 29.5 Å². The van der Waals surface area contributed by atoms with Crippen LogP contribution in [0.4, 0.5) is 8.78 Å². The van der Waals surface area contributed by atoms with E-state index < -0.39 is 12.7 Å². The van der Waals surface area contributed by atoms with E-state index in [9.17, 15) is 13.9 Å². The summed E-state index contributed by atoms with van der Waals surface area (Å²) in [6, 6.07) is 4.78. The lowest BCUT2D eigenvalue weighted by Gasteiger charge is -2.12. The zero-order chi connectivity index (χ0) is 11.9. The molecule has 3 atom stereocenters. The number of hydrogen-bond acceptors (Lipinski definition) is 2. The molecule has 1 aliphatic rings. The summed E-state index contributed by atoms with van der Waals surface area (Å²) >= 11 is 0. The lowest BCUT2D eigenvalue weighted by molar-refractivity contribution is -0.0499. The van der Waals surface area contributed by atoms with Gasteiger partial charge in [0, 0.05) is 0 Å². The number of hydrogen-bond donors (Lipinski definition) is 1. The van der Waals surface area contributed by atoms with Crippen molar-refractivity contribution in [1.82, 2.24) is 0 Å². The van der Waals surface area contributed by atoms with Gasteiger partial charge in [-0.2, -0.15) is 8.78 Å². The molecular weight excluding hydrogens is 214 g/mol. The number of alkyl halides is 2. The SMILES string of the molecule is CC1c2ccc(OC(F)F)cc2C(O)C1C. The second kappa shape index (κ2) is 4.01. The van der Waals surface area contributed by atoms with Gasteiger partial charge in [-0.3, -0.25) is 0 Å². The summed E-state index contributed by atoms with van der Waals surface area (Å²) in [4.78, 5) is 0. The number of halogens is 2. The van der Waals surface area contributed by atoms with Crippen molar-refractivity contribution in [3.63, 3.8) is 0 Å². The van der Waals surface area contributed by atoms with Crippen LogP contribution >= 0.6 is 0 Å². The molecule has 0 heterocycles. The Morgan fingerprint density at radius 2 is 1.94 bits per heavy atom. The number of aliphatic hydroxyl groups excluding tert-OH is 1. The van der Waals surface area contributed by atoms with Crippen LogP contribution in [0.2, 0.25) is 0 Å². The number of rotatable bonds is 2. The molecule has 0 aromatic heterocycles. The standard InChI is InChI=1S/C12H14F2O2/c1-6-7(2)11(15)10-5-8(16-12(13)14)3-4-9(6)10/h3-7,11-12,15H,1-2H3. The third-order valence-corrected chi connectivity index (χ3v) is 3.38. The van der Waals surface area contributed by atoms with E-state index in [1.165, 1.54) is 12.1 Å². The lowest BCUT2D eigenvalue weighted by Crippen LogP contribution is -2.05. The molecule has 88 valence electrons. The Balaban J connectivity index is 2.34. The van der Waals surface area contributed by atoms with Gasteiger partial charge in [0.05, 0.1) is 6.10 Å². The van der Waals surface area contributed by atoms with Gasteiger partial charge in [0.25, 0.3) is 0 Å².